The molecular weight excluding hydrogens is 302 g/mol. The third-order valence-corrected chi connectivity index (χ3v) is 3.85. The highest BCUT2D eigenvalue weighted by Gasteiger charge is 2.11. The Bertz CT molecular complexity index is 872. The number of para-hydroxylation sites is 2. The predicted molar refractivity (Wildman–Crippen MR) is 94.2 cm³/mol. The summed E-state index contributed by atoms with van der Waals surface area (Å²) < 4.78 is 5.60. The Morgan fingerprint density at radius 2 is 1.96 bits per heavy atom. The molecule has 1 aromatic heterocycles. The van der Waals surface area contributed by atoms with E-state index in [4.69, 9.17) is 4.74 Å². The lowest BCUT2D eigenvalue weighted by molar-refractivity contribution is -0.118. The highest BCUT2D eigenvalue weighted by molar-refractivity contribution is 5.93. The van der Waals surface area contributed by atoms with Crippen LogP contribution in [0.5, 0.6) is 5.88 Å². The molecule has 0 atom stereocenters. The standard InChI is InChI=1S/C19H19N3O2/c1-3-14-8-6-7-13(2)18(14)22-17(23)11-24-19-15-9-4-5-10-16(15)20-12-21-19/h4-10,12H,3,11H2,1-2H3,(H,22,23). The molecule has 0 spiro atoms. The summed E-state index contributed by atoms with van der Waals surface area (Å²) >= 11 is 0. The first-order chi connectivity index (χ1) is 11.7. The number of nitrogens with one attached hydrogen (secondary N) is 1. The van der Waals surface area contributed by atoms with E-state index in [-0.39, 0.29) is 12.5 Å². The van der Waals surface area contributed by atoms with Gasteiger partial charge in [0.05, 0.1) is 10.9 Å². The van der Waals surface area contributed by atoms with E-state index in [1.807, 2.05) is 49.4 Å². The van der Waals surface area contributed by atoms with Crippen LogP contribution in [0.2, 0.25) is 0 Å². The average Bonchev–Trinajstić information content (AvgIpc) is 2.61. The van der Waals surface area contributed by atoms with Gasteiger partial charge in [0.25, 0.3) is 5.91 Å². The van der Waals surface area contributed by atoms with E-state index in [9.17, 15) is 4.79 Å². The Balaban J connectivity index is 1.72. The summed E-state index contributed by atoms with van der Waals surface area (Å²) in [6.45, 7) is 3.94. The Labute approximate surface area is 140 Å². The zero-order chi connectivity index (χ0) is 16.9. The van der Waals surface area contributed by atoms with Crippen molar-refractivity contribution in [3.63, 3.8) is 0 Å². The second kappa shape index (κ2) is 7.08. The summed E-state index contributed by atoms with van der Waals surface area (Å²) in [5.74, 6) is 0.206. The van der Waals surface area contributed by atoms with Gasteiger partial charge in [0.15, 0.2) is 6.61 Å². The molecule has 0 fully saturated rings. The van der Waals surface area contributed by atoms with Crippen LogP contribution in [0.3, 0.4) is 0 Å². The van der Waals surface area contributed by atoms with Crippen LogP contribution in [-0.4, -0.2) is 22.5 Å². The van der Waals surface area contributed by atoms with Crippen molar-refractivity contribution in [3.8, 4) is 5.88 Å². The molecule has 0 saturated heterocycles. The highest BCUT2D eigenvalue weighted by Crippen LogP contribution is 2.22. The van der Waals surface area contributed by atoms with Crippen LogP contribution >= 0.6 is 0 Å². The summed E-state index contributed by atoms with van der Waals surface area (Å²) in [6, 6.07) is 13.5. The maximum Gasteiger partial charge on any atom is 0.262 e. The van der Waals surface area contributed by atoms with Gasteiger partial charge in [-0.25, -0.2) is 9.97 Å². The maximum atomic E-state index is 12.3. The second-order valence-electron chi connectivity index (χ2n) is 5.50. The van der Waals surface area contributed by atoms with Crippen molar-refractivity contribution in [2.24, 2.45) is 0 Å². The summed E-state index contributed by atoms with van der Waals surface area (Å²) in [5, 5.41) is 3.73. The molecule has 24 heavy (non-hydrogen) atoms. The van der Waals surface area contributed by atoms with Crippen molar-refractivity contribution in [2.75, 3.05) is 11.9 Å². The number of hydrogen-bond acceptors (Lipinski definition) is 4. The molecule has 0 saturated carbocycles. The van der Waals surface area contributed by atoms with Gasteiger partial charge in [0.2, 0.25) is 5.88 Å². The van der Waals surface area contributed by atoms with Crippen LogP contribution in [0.15, 0.2) is 48.8 Å². The number of aromatic nitrogens is 2. The van der Waals surface area contributed by atoms with Crippen LogP contribution in [0.25, 0.3) is 10.9 Å². The van der Waals surface area contributed by atoms with Gasteiger partial charge in [-0.1, -0.05) is 37.3 Å². The monoisotopic (exact) mass is 321 g/mol. The van der Waals surface area contributed by atoms with Gasteiger partial charge in [-0.15, -0.1) is 0 Å². The summed E-state index contributed by atoms with van der Waals surface area (Å²) in [6.07, 6.45) is 2.29. The molecule has 0 radical (unpaired) electrons. The van der Waals surface area contributed by atoms with Gasteiger partial charge < -0.3 is 10.1 Å². The van der Waals surface area contributed by atoms with E-state index in [2.05, 4.69) is 22.2 Å². The third kappa shape index (κ3) is 3.35. The number of amides is 1. The van der Waals surface area contributed by atoms with Crippen molar-refractivity contribution in [1.82, 2.24) is 9.97 Å². The summed E-state index contributed by atoms with van der Waals surface area (Å²) in [7, 11) is 0. The van der Waals surface area contributed by atoms with E-state index in [1.54, 1.807) is 0 Å². The average molecular weight is 321 g/mol. The van der Waals surface area contributed by atoms with Crippen molar-refractivity contribution in [3.05, 3.63) is 59.9 Å². The van der Waals surface area contributed by atoms with Crippen LogP contribution in [0.4, 0.5) is 5.69 Å². The van der Waals surface area contributed by atoms with E-state index in [1.165, 1.54) is 6.33 Å². The van der Waals surface area contributed by atoms with E-state index < -0.39 is 0 Å². The topological polar surface area (TPSA) is 64.1 Å². The smallest absolute Gasteiger partial charge is 0.262 e. The van der Waals surface area contributed by atoms with Crippen molar-refractivity contribution < 1.29 is 9.53 Å². The second-order valence-corrected chi connectivity index (χ2v) is 5.50. The van der Waals surface area contributed by atoms with E-state index >= 15 is 0 Å². The van der Waals surface area contributed by atoms with Gasteiger partial charge in [-0.3, -0.25) is 4.79 Å². The lowest BCUT2D eigenvalue weighted by Crippen LogP contribution is -2.21. The number of fused-ring (bicyclic) bond motifs is 1. The summed E-state index contributed by atoms with van der Waals surface area (Å²) in [5.41, 5.74) is 3.79. The minimum Gasteiger partial charge on any atom is -0.467 e. The number of carbonyl (C=O) groups excluding carboxylic acids is 1. The molecule has 0 aliphatic rings. The first-order valence-corrected chi connectivity index (χ1v) is 7.90. The summed E-state index contributed by atoms with van der Waals surface area (Å²) in [4.78, 5) is 20.6. The number of carbonyl (C=O) groups is 1. The molecule has 122 valence electrons. The normalized spacial score (nSPS) is 10.6. The Kier molecular flexibility index (Phi) is 4.70. The molecule has 5 heteroatoms. The van der Waals surface area contributed by atoms with Crippen molar-refractivity contribution >= 4 is 22.5 Å². The fourth-order valence-electron chi connectivity index (χ4n) is 2.61. The number of rotatable bonds is 5. The number of anilines is 1. The Hall–Kier alpha value is -2.95. The quantitative estimate of drug-likeness (QED) is 0.781. The van der Waals surface area contributed by atoms with Crippen LogP contribution < -0.4 is 10.1 Å². The van der Waals surface area contributed by atoms with Gasteiger partial charge in [0, 0.05) is 5.69 Å². The lowest BCUT2D eigenvalue weighted by atomic mass is 10.1. The first-order valence-electron chi connectivity index (χ1n) is 7.90. The molecular formula is C19H19N3O2. The number of aryl methyl sites for hydroxylation is 2. The molecule has 0 aliphatic heterocycles. The van der Waals surface area contributed by atoms with Crippen LogP contribution in [-0.2, 0) is 11.2 Å². The molecule has 2 aromatic carbocycles. The Morgan fingerprint density at radius 1 is 1.12 bits per heavy atom. The number of benzene rings is 2. The van der Waals surface area contributed by atoms with Crippen molar-refractivity contribution in [1.29, 1.82) is 0 Å². The molecule has 1 amide bonds. The minimum absolute atomic E-state index is 0.0987. The van der Waals surface area contributed by atoms with Gasteiger partial charge in [0.1, 0.15) is 6.33 Å². The Morgan fingerprint density at radius 3 is 2.79 bits per heavy atom. The molecule has 0 unspecified atom stereocenters. The molecule has 5 nitrogen and oxygen atoms in total. The lowest BCUT2D eigenvalue weighted by Gasteiger charge is -2.13. The SMILES string of the molecule is CCc1cccc(C)c1NC(=O)COc1ncnc2ccccc12. The van der Waals surface area contributed by atoms with Crippen LogP contribution in [0.1, 0.15) is 18.1 Å². The first kappa shape index (κ1) is 15.9. The minimum atomic E-state index is -0.207. The molecule has 0 aliphatic carbocycles. The number of hydrogen-bond donors (Lipinski definition) is 1. The fraction of sp³-hybridized carbons (Fsp3) is 0.211. The van der Waals surface area contributed by atoms with Gasteiger partial charge >= 0.3 is 0 Å². The molecule has 1 heterocycles. The zero-order valence-electron chi connectivity index (χ0n) is 13.7. The maximum absolute atomic E-state index is 12.3. The van der Waals surface area contributed by atoms with E-state index in [0.29, 0.717) is 5.88 Å². The number of ether oxygens (including phenoxy) is 1. The molecule has 3 rings (SSSR count). The van der Waals surface area contributed by atoms with Gasteiger partial charge in [-0.2, -0.15) is 0 Å². The van der Waals surface area contributed by atoms with E-state index in [0.717, 1.165) is 34.1 Å². The highest BCUT2D eigenvalue weighted by atomic mass is 16.5. The predicted octanol–water partition coefficient (Wildman–Crippen LogP) is 3.52. The molecule has 0 bridgehead atoms. The fourth-order valence-corrected chi connectivity index (χ4v) is 2.61. The largest absolute Gasteiger partial charge is 0.467 e. The third-order valence-electron chi connectivity index (χ3n) is 3.85. The zero-order valence-corrected chi connectivity index (χ0v) is 13.7. The van der Waals surface area contributed by atoms with Gasteiger partial charge in [-0.05, 0) is 36.6 Å². The van der Waals surface area contributed by atoms with Crippen molar-refractivity contribution in [2.45, 2.75) is 20.3 Å². The molecule has 1 N–H and O–H groups in total. The van der Waals surface area contributed by atoms with Crippen LogP contribution in [0, 0.1) is 6.92 Å². The molecule has 3 aromatic rings. The number of nitrogens with zero attached hydrogens (tertiary/aromatic N) is 2.